The van der Waals surface area contributed by atoms with Gasteiger partial charge in [-0.3, -0.25) is 9.59 Å². The fourth-order valence-corrected chi connectivity index (χ4v) is 2.97. The zero-order valence-electron chi connectivity index (χ0n) is 18.6. The first-order valence-electron chi connectivity index (χ1n) is 9.88. The van der Waals surface area contributed by atoms with Crippen molar-refractivity contribution in [3.05, 3.63) is 35.4 Å². The van der Waals surface area contributed by atoms with Crippen molar-refractivity contribution >= 4 is 34.7 Å². The minimum atomic E-state index is -1.39. The number of amides is 1. The van der Waals surface area contributed by atoms with Gasteiger partial charge in [-0.25, -0.2) is 0 Å². The predicted octanol–water partition coefficient (Wildman–Crippen LogP) is 4.83. The van der Waals surface area contributed by atoms with E-state index in [0.29, 0.717) is 36.1 Å². The number of methoxy groups -OCH3 is 2. The van der Waals surface area contributed by atoms with E-state index in [1.54, 1.807) is 37.3 Å². The lowest BCUT2D eigenvalue weighted by atomic mass is 10.2. The second-order valence-corrected chi connectivity index (χ2v) is 6.75. The topological polar surface area (TPSA) is 108 Å². The molecule has 0 saturated carbocycles. The summed E-state index contributed by atoms with van der Waals surface area (Å²) in [6.07, 6.45) is 0. The maximum atomic E-state index is 12.8. The van der Waals surface area contributed by atoms with Crippen molar-refractivity contribution in [1.29, 1.82) is 0 Å². The van der Waals surface area contributed by atoms with Gasteiger partial charge in [-0.05, 0) is 45.0 Å². The molecule has 0 spiro atoms. The number of azo groups is 1. The lowest BCUT2D eigenvalue weighted by Crippen LogP contribution is -2.32. The maximum Gasteiger partial charge on any atom is 0.258 e. The Labute approximate surface area is 191 Å². The van der Waals surface area contributed by atoms with Crippen molar-refractivity contribution in [3.63, 3.8) is 0 Å². The third-order valence-corrected chi connectivity index (χ3v) is 4.57. The van der Waals surface area contributed by atoms with Crippen molar-refractivity contribution in [2.24, 2.45) is 10.2 Å². The van der Waals surface area contributed by atoms with E-state index in [-0.39, 0.29) is 16.5 Å². The summed E-state index contributed by atoms with van der Waals surface area (Å²) >= 11 is 6.36. The molecule has 0 saturated heterocycles. The highest BCUT2D eigenvalue weighted by atomic mass is 35.5. The van der Waals surface area contributed by atoms with Gasteiger partial charge in [-0.2, -0.15) is 10.2 Å². The number of hydrogen-bond acceptors (Lipinski definition) is 8. The number of benzene rings is 2. The van der Waals surface area contributed by atoms with Gasteiger partial charge in [0.2, 0.25) is 6.04 Å². The average Bonchev–Trinajstić information content (AvgIpc) is 2.78. The molecule has 9 nitrogen and oxygen atoms in total. The number of nitrogens with zero attached hydrogens (tertiary/aromatic N) is 2. The van der Waals surface area contributed by atoms with Crippen LogP contribution in [0.2, 0.25) is 5.02 Å². The van der Waals surface area contributed by atoms with Gasteiger partial charge in [0.1, 0.15) is 28.0 Å². The first-order valence-corrected chi connectivity index (χ1v) is 10.3. The monoisotopic (exact) mass is 463 g/mol. The minimum absolute atomic E-state index is 0.218. The molecule has 0 fully saturated rings. The van der Waals surface area contributed by atoms with Crippen LogP contribution in [0.1, 0.15) is 20.8 Å². The summed E-state index contributed by atoms with van der Waals surface area (Å²) < 4.78 is 21.4. The van der Waals surface area contributed by atoms with Gasteiger partial charge in [0.05, 0.1) is 33.1 Å². The Morgan fingerprint density at radius 3 is 2.34 bits per heavy atom. The van der Waals surface area contributed by atoms with Gasteiger partial charge < -0.3 is 24.3 Å². The zero-order chi connectivity index (χ0) is 23.7. The molecule has 32 heavy (non-hydrogen) atoms. The van der Waals surface area contributed by atoms with Crippen LogP contribution in [-0.4, -0.2) is 45.2 Å². The average molecular weight is 464 g/mol. The van der Waals surface area contributed by atoms with Crippen LogP contribution in [0.25, 0.3) is 0 Å². The van der Waals surface area contributed by atoms with Crippen LogP contribution in [0.3, 0.4) is 0 Å². The van der Waals surface area contributed by atoms with Crippen molar-refractivity contribution in [1.82, 2.24) is 0 Å². The summed E-state index contributed by atoms with van der Waals surface area (Å²) in [7, 11) is 2.99. The van der Waals surface area contributed by atoms with E-state index in [1.807, 2.05) is 6.92 Å². The molecule has 1 amide bonds. The smallest absolute Gasteiger partial charge is 0.258 e. The van der Waals surface area contributed by atoms with E-state index in [2.05, 4.69) is 15.5 Å². The van der Waals surface area contributed by atoms with Crippen LogP contribution in [0, 0.1) is 0 Å². The number of ether oxygens (including phenoxy) is 4. The van der Waals surface area contributed by atoms with Crippen molar-refractivity contribution < 1.29 is 28.5 Å². The molecule has 0 aliphatic rings. The number of carbonyl (C=O) groups is 2. The summed E-state index contributed by atoms with van der Waals surface area (Å²) in [6, 6.07) is 6.69. The molecule has 0 aliphatic heterocycles. The fourth-order valence-electron chi connectivity index (χ4n) is 2.70. The van der Waals surface area contributed by atoms with Crippen LogP contribution in [0.5, 0.6) is 23.0 Å². The molecule has 2 rings (SSSR count). The Bertz CT molecular complexity index is 996. The Kier molecular flexibility index (Phi) is 9.27. The predicted molar refractivity (Wildman–Crippen MR) is 121 cm³/mol. The summed E-state index contributed by atoms with van der Waals surface area (Å²) in [4.78, 5) is 25.0. The molecule has 0 aliphatic carbocycles. The first-order chi connectivity index (χ1) is 15.4. The molecule has 1 N–H and O–H groups in total. The van der Waals surface area contributed by atoms with Crippen molar-refractivity contribution in [2.45, 2.75) is 26.8 Å². The van der Waals surface area contributed by atoms with Gasteiger partial charge in [-0.1, -0.05) is 11.6 Å². The molecule has 0 aromatic heterocycles. The molecule has 2 aromatic rings. The largest absolute Gasteiger partial charge is 0.497 e. The summed E-state index contributed by atoms with van der Waals surface area (Å²) in [5.41, 5.74) is 0.625. The first kappa shape index (κ1) is 24.9. The second-order valence-electron chi connectivity index (χ2n) is 6.38. The van der Waals surface area contributed by atoms with Crippen LogP contribution in [0.4, 0.5) is 11.4 Å². The highest BCUT2D eigenvalue weighted by molar-refractivity contribution is 6.34. The third kappa shape index (κ3) is 6.10. The standard InChI is InChI=1S/C22H26ClN3O6/c1-6-31-17-11-10-16(21(19(17)23)32-7-2)24-22(28)20(13(3)27)26-25-15-9-8-14(29-4)12-18(15)30-5/h8-12,20H,6-7H2,1-5H3,(H,24,28). The van der Waals surface area contributed by atoms with Crippen molar-refractivity contribution in [2.75, 3.05) is 32.8 Å². The van der Waals surface area contributed by atoms with Crippen LogP contribution in [0.15, 0.2) is 40.6 Å². The third-order valence-electron chi connectivity index (χ3n) is 4.21. The number of nitrogens with one attached hydrogen (secondary N) is 1. The number of halogens is 1. The number of Topliss-reactive ketones (excluding diaryl/α,β-unsaturated/α-hetero) is 1. The highest BCUT2D eigenvalue weighted by Crippen LogP contribution is 2.40. The number of ketones is 1. The van der Waals surface area contributed by atoms with Gasteiger partial charge in [0.15, 0.2) is 11.5 Å². The Balaban J connectivity index is 2.31. The maximum absolute atomic E-state index is 12.8. The van der Waals surface area contributed by atoms with E-state index < -0.39 is 17.7 Å². The molecule has 10 heteroatoms. The second kappa shape index (κ2) is 11.9. The van der Waals surface area contributed by atoms with Crippen LogP contribution < -0.4 is 24.3 Å². The summed E-state index contributed by atoms with van der Waals surface area (Å²) in [6.45, 7) is 5.59. The molecule has 0 radical (unpaired) electrons. The minimum Gasteiger partial charge on any atom is -0.497 e. The number of anilines is 1. The summed E-state index contributed by atoms with van der Waals surface area (Å²) in [5.74, 6) is 0.434. The zero-order valence-corrected chi connectivity index (χ0v) is 19.4. The number of carbonyl (C=O) groups excluding carboxylic acids is 2. The number of hydrogen-bond donors (Lipinski definition) is 1. The highest BCUT2D eigenvalue weighted by Gasteiger charge is 2.25. The SMILES string of the molecule is CCOc1ccc(NC(=O)C(N=Nc2ccc(OC)cc2OC)C(C)=O)c(OCC)c1Cl. The molecular weight excluding hydrogens is 438 g/mol. The fraction of sp³-hybridized carbons (Fsp3) is 0.364. The number of rotatable bonds is 11. The Morgan fingerprint density at radius 2 is 1.75 bits per heavy atom. The Morgan fingerprint density at radius 1 is 1.03 bits per heavy atom. The van der Waals surface area contributed by atoms with E-state index in [0.717, 1.165) is 0 Å². The molecule has 0 heterocycles. The van der Waals surface area contributed by atoms with E-state index in [9.17, 15) is 9.59 Å². The van der Waals surface area contributed by atoms with Gasteiger partial charge >= 0.3 is 0 Å². The molecule has 2 aromatic carbocycles. The van der Waals surface area contributed by atoms with Crippen LogP contribution >= 0.6 is 11.6 Å². The van der Waals surface area contributed by atoms with Gasteiger partial charge in [0.25, 0.3) is 5.91 Å². The van der Waals surface area contributed by atoms with E-state index in [1.165, 1.54) is 21.1 Å². The van der Waals surface area contributed by atoms with Crippen molar-refractivity contribution in [3.8, 4) is 23.0 Å². The lowest BCUT2D eigenvalue weighted by Gasteiger charge is -2.17. The molecular formula is C22H26ClN3O6. The molecule has 172 valence electrons. The quantitative estimate of drug-likeness (QED) is 0.377. The van der Waals surface area contributed by atoms with Gasteiger partial charge in [-0.15, -0.1) is 0 Å². The lowest BCUT2D eigenvalue weighted by molar-refractivity contribution is -0.126. The molecule has 1 unspecified atom stereocenters. The van der Waals surface area contributed by atoms with Crippen LogP contribution in [-0.2, 0) is 9.59 Å². The summed E-state index contributed by atoms with van der Waals surface area (Å²) in [5, 5.41) is 10.8. The Hall–Kier alpha value is -3.33. The van der Waals surface area contributed by atoms with E-state index >= 15 is 0 Å². The normalized spacial score (nSPS) is 11.7. The molecule has 1 atom stereocenters. The van der Waals surface area contributed by atoms with Gasteiger partial charge in [0, 0.05) is 6.07 Å². The molecule has 0 bridgehead atoms. The van der Waals surface area contributed by atoms with E-state index in [4.69, 9.17) is 30.5 Å².